The number of nitrogens with one attached hydrogen (secondary N) is 1. The first-order valence-electron chi connectivity index (χ1n) is 10.6. The number of carbonyl (C=O) groups excluding carboxylic acids is 1. The van der Waals surface area contributed by atoms with Gasteiger partial charge in [-0.3, -0.25) is 9.69 Å². The molecular weight excluding hydrogens is 348 g/mol. The Morgan fingerprint density at radius 1 is 1.29 bits per heavy atom. The maximum atomic E-state index is 12.3. The van der Waals surface area contributed by atoms with Gasteiger partial charge in [0.2, 0.25) is 5.91 Å². The van der Waals surface area contributed by atoms with Crippen molar-refractivity contribution < 1.29 is 4.79 Å². The third-order valence-electron chi connectivity index (χ3n) is 6.12. The van der Waals surface area contributed by atoms with E-state index >= 15 is 0 Å². The predicted octanol–water partition coefficient (Wildman–Crippen LogP) is 4.81. The summed E-state index contributed by atoms with van der Waals surface area (Å²) in [6.45, 7) is 15.3. The number of amides is 1. The fraction of sp³-hybridized carbons (Fsp3) is 0.652. The molecule has 1 aliphatic heterocycles. The van der Waals surface area contributed by atoms with Crippen molar-refractivity contribution in [1.82, 2.24) is 14.7 Å². The van der Waals surface area contributed by atoms with Crippen molar-refractivity contribution in [1.29, 1.82) is 0 Å². The Balaban J connectivity index is 1.52. The lowest BCUT2D eigenvalue weighted by molar-refractivity contribution is -0.123. The second-order valence-corrected chi connectivity index (χ2v) is 9.55. The van der Waals surface area contributed by atoms with Gasteiger partial charge in [-0.1, -0.05) is 44.6 Å². The summed E-state index contributed by atoms with van der Waals surface area (Å²) in [7, 11) is 0. The molecule has 1 aliphatic carbocycles. The zero-order chi connectivity index (χ0) is 20.3. The van der Waals surface area contributed by atoms with Gasteiger partial charge in [0.15, 0.2) is 0 Å². The van der Waals surface area contributed by atoms with Gasteiger partial charge in [0, 0.05) is 31.1 Å². The summed E-state index contributed by atoms with van der Waals surface area (Å²) < 4.78 is 2.01. The second kappa shape index (κ2) is 8.64. The third-order valence-corrected chi connectivity index (χ3v) is 6.12. The monoisotopic (exact) mass is 384 g/mol. The van der Waals surface area contributed by atoms with E-state index in [0.717, 1.165) is 44.7 Å². The van der Waals surface area contributed by atoms with Crippen molar-refractivity contribution in [3.8, 4) is 0 Å². The van der Waals surface area contributed by atoms with Crippen LogP contribution in [0.15, 0.2) is 36.1 Å². The second-order valence-electron chi connectivity index (χ2n) is 9.55. The first-order chi connectivity index (χ1) is 13.2. The Morgan fingerprint density at radius 2 is 2.00 bits per heavy atom. The molecule has 0 spiro atoms. The largest absolute Gasteiger partial charge is 0.310 e. The number of allylic oxidation sites excluding steroid dienone is 2. The van der Waals surface area contributed by atoms with Crippen LogP contribution in [0.5, 0.6) is 0 Å². The fourth-order valence-electron chi connectivity index (χ4n) is 4.10. The van der Waals surface area contributed by atoms with Gasteiger partial charge in [0.1, 0.15) is 5.82 Å². The molecule has 5 heteroatoms. The minimum absolute atomic E-state index is 0.0315. The van der Waals surface area contributed by atoms with Gasteiger partial charge in [-0.25, -0.2) is 4.68 Å². The van der Waals surface area contributed by atoms with E-state index in [1.807, 2.05) is 31.5 Å². The zero-order valence-corrected chi connectivity index (χ0v) is 18.0. The summed E-state index contributed by atoms with van der Waals surface area (Å²) >= 11 is 0. The van der Waals surface area contributed by atoms with Crippen LogP contribution in [0.25, 0.3) is 0 Å². The number of hydrogen-bond donors (Lipinski definition) is 1. The van der Waals surface area contributed by atoms with Crippen LogP contribution in [0, 0.1) is 11.3 Å². The molecule has 2 aliphatic rings. The van der Waals surface area contributed by atoms with Gasteiger partial charge in [-0.15, -0.1) is 0 Å². The lowest BCUT2D eigenvalue weighted by Crippen LogP contribution is -2.37. The maximum Gasteiger partial charge on any atom is 0.230 e. The number of anilines is 1. The van der Waals surface area contributed by atoms with Gasteiger partial charge >= 0.3 is 0 Å². The lowest BCUT2D eigenvalue weighted by atomic mass is 9.85. The highest BCUT2D eigenvalue weighted by Gasteiger charge is 2.26. The van der Waals surface area contributed by atoms with Crippen LogP contribution in [-0.4, -0.2) is 40.2 Å². The number of hydrogen-bond acceptors (Lipinski definition) is 3. The SMILES string of the molecule is C=C(C)[C@@H]1CC=C(CN2CCC(n3nccc3NC(=O)C(C)(C)C)CC2)CC1. The molecule has 2 heterocycles. The molecule has 1 aromatic rings. The van der Waals surface area contributed by atoms with E-state index in [0.29, 0.717) is 12.0 Å². The van der Waals surface area contributed by atoms with E-state index in [1.165, 1.54) is 18.4 Å². The molecule has 0 bridgehead atoms. The Labute approximate surface area is 169 Å². The molecule has 1 saturated heterocycles. The Hall–Kier alpha value is -1.88. The molecule has 0 radical (unpaired) electrons. The average molecular weight is 385 g/mol. The summed E-state index contributed by atoms with van der Waals surface area (Å²) in [5.41, 5.74) is 2.51. The molecule has 3 rings (SSSR count). The maximum absolute atomic E-state index is 12.3. The molecule has 1 fully saturated rings. The molecule has 5 nitrogen and oxygen atoms in total. The van der Waals surface area contributed by atoms with Crippen molar-refractivity contribution >= 4 is 11.7 Å². The smallest absolute Gasteiger partial charge is 0.230 e. The standard InChI is InChI=1S/C23H36N4O/c1-17(2)19-8-6-18(7-9-19)16-26-14-11-20(12-15-26)27-21(10-13-24-27)25-22(28)23(3,4)5/h6,10,13,19-20H,1,7-9,11-12,14-16H2,2-5H3,(H,25,28)/t19-/m1/s1. The molecule has 1 N–H and O–H groups in total. The number of likely N-dealkylation sites (tertiary alicyclic amines) is 1. The van der Waals surface area contributed by atoms with Crippen molar-refractivity contribution in [2.24, 2.45) is 11.3 Å². The van der Waals surface area contributed by atoms with Gasteiger partial charge in [0.05, 0.1) is 12.2 Å². The van der Waals surface area contributed by atoms with Gasteiger partial charge in [-0.2, -0.15) is 5.10 Å². The van der Waals surface area contributed by atoms with Crippen molar-refractivity contribution in [2.75, 3.05) is 25.0 Å². The molecule has 1 aromatic heterocycles. The average Bonchev–Trinajstić information content (AvgIpc) is 3.10. The summed E-state index contributed by atoms with van der Waals surface area (Å²) in [6.07, 6.45) is 9.99. The Morgan fingerprint density at radius 3 is 2.57 bits per heavy atom. The van der Waals surface area contributed by atoms with Crippen LogP contribution in [0.1, 0.15) is 65.8 Å². The van der Waals surface area contributed by atoms with Crippen molar-refractivity contribution in [3.63, 3.8) is 0 Å². The topological polar surface area (TPSA) is 50.2 Å². The lowest BCUT2D eigenvalue weighted by Gasteiger charge is -2.34. The summed E-state index contributed by atoms with van der Waals surface area (Å²) in [6, 6.07) is 2.26. The minimum atomic E-state index is -0.407. The summed E-state index contributed by atoms with van der Waals surface area (Å²) in [5, 5.41) is 7.55. The normalized spacial score (nSPS) is 22.0. The van der Waals surface area contributed by atoms with Crippen molar-refractivity contribution in [2.45, 2.75) is 65.8 Å². The van der Waals surface area contributed by atoms with Crippen LogP contribution in [0.4, 0.5) is 5.82 Å². The van der Waals surface area contributed by atoms with Crippen LogP contribution < -0.4 is 5.32 Å². The van der Waals surface area contributed by atoms with Crippen LogP contribution in [0.2, 0.25) is 0 Å². The molecule has 0 unspecified atom stereocenters. The van der Waals surface area contributed by atoms with E-state index < -0.39 is 5.41 Å². The van der Waals surface area contributed by atoms with Gasteiger partial charge < -0.3 is 5.32 Å². The van der Waals surface area contributed by atoms with E-state index in [2.05, 4.69) is 34.9 Å². The van der Waals surface area contributed by atoms with Gasteiger partial charge in [-0.05, 0) is 44.9 Å². The fourth-order valence-corrected chi connectivity index (χ4v) is 4.10. The first-order valence-corrected chi connectivity index (χ1v) is 10.6. The quantitative estimate of drug-likeness (QED) is 0.741. The van der Waals surface area contributed by atoms with E-state index in [1.54, 1.807) is 11.8 Å². The number of rotatable bonds is 5. The number of piperidine rings is 1. The van der Waals surface area contributed by atoms with E-state index in [4.69, 9.17) is 0 Å². The molecule has 0 saturated carbocycles. The highest BCUT2D eigenvalue weighted by molar-refractivity contribution is 5.93. The number of carbonyl (C=O) groups is 1. The van der Waals surface area contributed by atoms with Crippen LogP contribution in [-0.2, 0) is 4.79 Å². The highest BCUT2D eigenvalue weighted by atomic mass is 16.2. The third kappa shape index (κ3) is 5.13. The van der Waals surface area contributed by atoms with Crippen LogP contribution >= 0.6 is 0 Å². The molecular formula is C23H36N4O. The van der Waals surface area contributed by atoms with Gasteiger partial charge in [0.25, 0.3) is 0 Å². The predicted molar refractivity (Wildman–Crippen MR) is 115 cm³/mol. The number of aromatic nitrogens is 2. The summed E-state index contributed by atoms with van der Waals surface area (Å²) in [4.78, 5) is 14.9. The minimum Gasteiger partial charge on any atom is -0.310 e. The molecule has 28 heavy (non-hydrogen) atoms. The molecule has 1 atom stereocenters. The molecule has 0 aromatic carbocycles. The molecule has 154 valence electrons. The zero-order valence-electron chi connectivity index (χ0n) is 18.0. The van der Waals surface area contributed by atoms with E-state index in [9.17, 15) is 4.79 Å². The Kier molecular flexibility index (Phi) is 6.43. The molecule has 1 amide bonds. The van der Waals surface area contributed by atoms with Crippen molar-refractivity contribution in [3.05, 3.63) is 36.1 Å². The first kappa shape index (κ1) is 20.8. The van der Waals surface area contributed by atoms with Crippen LogP contribution in [0.3, 0.4) is 0 Å². The highest BCUT2D eigenvalue weighted by Crippen LogP contribution is 2.30. The Bertz CT molecular complexity index is 732. The van der Waals surface area contributed by atoms with E-state index in [-0.39, 0.29) is 5.91 Å². The summed E-state index contributed by atoms with van der Waals surface area (Å²) in [5.74, 6) is 1.53. The number of nitrogens with zero attached hydrogens (tertiary/aromatic N) is 3.